The summed E-state index contributed by atoms with van der Waals surface area (Å²) in [6.45, 7) is 1.90. The summed E-state index contributed by atoms with van der Waals surface area (Å²) in [5, 5.41) is 0. The van der Waals surface area contributed by atoms with Gasteiger partial charge in [-0.3, -0.25) is 4.79 Å². The molecule has 3 N–H and O–H groups in total. The number of hydrogen-bond acceptors (Lipinski definition) is 4. The lowest BCUT2D eigenvalue weighted by atomic mass is 10.6. The maximum Gasteiger partial charge on any atom is 0.243 e. The Hall–Kier alpha value is -0.660. The predicted molar refractivity (Wildman–Crippen MR) is 52.1 cm³/mol. The van der Waals surface area contributed by atoms with Crippen LogP contribution in [-0.2, 0) is 19.6 Å². The van der Waals surface area contributed by atoms with Gasteiger partial charge in [0.15, 0.2) is 0 Å². The molecule has 0 fully saturated rings. The molecule has 0 saturated carbocycles. The largest absolute Gasteiger partial charge is 0.370 e. The van der Waals surface area contributed by atoms with Crippen molar-refractivity contribution in [1.29, 1.82) is 0 Å². The molecule has 0 spiro atoms. The van der Waals surface area contributed by atoms with E-state index in [2.05, 4.69) is 4.72 Å². The van der Waals surface area contributed by atoms with Gasteiger partial charge in [-0.15, -0.1) is 0 Å². The van der Waals surface area contributed by atoms with Crippen molar-refractivity contribution in [2.75, 3.05) is 25.5 Å². The van der Waals surface area contributed by atoms with Gasteiger partial charge < -0.3 is 10.5 Å². The maximum absolute atomic E-state index is 11.1. The second-order valence-corrected chi connectivity index (χ2v) is 4.66. The third-order valence-electron chi connectivity index (χ3n) is 1.29. The van der Waals surface area contributed by atoms with Crippen LogP contribution in [0.1, 0.15) is 13.3 Å². The summed E-state index contributed by atoms with van der Waals surface area (Å²) in [4.78, 5) is 10.2. The molecule has 1 amide bonds. The molecule has 0 aliphatic rings. The minimum absolute atomic E-state index is 0.100. The van der Waals surface area contributed by atoms with Crippen molar-refractivity contribution in [1.82, 2.24) is 4.72 Å². The lowest BCUT2D eigenvalue weighted by molar-refractivity contribution is -0.122. The number of primary amides is 1. The summed E-state index contributed by atoms with van der Waals surface area (Å²) in [6, 6.07) is 0. The molecule has 84 valence electrons. The molecule has 0 saturated heterocycles. The van der Waals surface area contributed by atoms with Crippen LogP contribution in [0.5, 0.6) is 0 Å². The van der Waals surface area contributed by atoms with Gasteiger partial charge in [0.25, 0.3) is 0 Å². The van der Waals surface area contributed by atoms with E-state index < -0.39 is 15.9 Å². The summed E-state index contributed by atoms with van der Waals surface area (Å²) in [6.07, 6.45) is 0.567. The van der Waals surface area contributed by atoms with Crippen molar-refractivity contribution in [3.05, 3.63) is 0 Å². The fraction of sp³-hybridized carbons (Fsp3) is 0.857. The zero-order valence-corrected chi connectivity index (χ0v) is 8.97. The summed E-state index contributed by atoms with van der Waals surface area (Å²) >= 11 is 0. The molecular formula is C7H16N2O4S. The van der Waals surface area contributed by atoms with Crippen LogP contribution in [0.3, 0.4) is 0 Å². The van der Waals surface area contributed by atoms with Gasteiger partial charge in [-0.05, 0) is 6.42 Å². The Morgan fingerprint density at radius 2 is 2.14 bits per heavy atom. The highest BCUT2D eigenvalue weighted by molar-refractivity contribution is 7.89. The Kier molecular flexibility index (Phi) is 6.43. The van der Waals surface area contributed by atoms with E-state index in [4.69, 9.17) is 10.5 Å². The SMILES string of the molecule is CCCS(=O)(=O)NCCOCC(N)=O. The lowest BCUT2D eigenvalue weighted by Gasteiger charge is -2.05. The van der Waals surface area contributed by atoms with Crippen LogP contribution in [0.2, 0.25) is 0 Å². The van der Waals surface area contributed by atoms with Gasteiger partial charge in [0.2, 0.25) is 15.9 Å². The van der Waals surface area contributed by atoms with Gasteiger partial charge in [-0.25, -0.2) is 13.1 Å². The van der Waals surface area contributed by atoms with E-state index in [1.165, 1.54) is 0 Å². The summed E-state index contributed by atoms with van der Waals surface area (Å²) in [5.74, 6) is -0.468. The van der Waals surface area contributed by atoms with E-state index >= 15 is 0 Å². The Bertz CT molecular complexity index is 263. The lowest BCUT2D eigenvalue weighted by Crippen LogP contribution is -2.30. The van der Waals surface area contributed by atoms with Crippen LogP contribution < -0.4 is 10.5 Å². The maximum atomic E-state index is 11.1. The number of hydrogen-bond donors (Lipinski definition) is 2. The summed E-state index contributed by atoms with van der Waals surface area (Å²) < 4.78 is 29.2. The van der Waals surface area contributed by atoms with Gasteiger partial charge in [-0.1, -0.05) is 6.92 Å². The molecule has 6 nitrogen and oxygen atoms in total. The van der Waals surface area contributed by atoms with Crippen molar-refractivity contribution in [2.45, 2.75) is 13.3 Å². The third kappa shape index (κ3) is 7.96. The topological polar surface area (TPSA) is 98.5 Å². The molecule has 0 aromatic heterocycles. The number of nitrogens with one attached hydrogen (secondary N) is 1. The van der Waals surface area contributed by atoms with E-state index in [1.807, 2.05) is 0 Å². The Labute approximate surface area is 83.9 Å². The molecule has 14 heavy (non-hydrogen) atoms. The van der Waals surface area contributed by atoms with Gasteiger partial charge in [-0.2, -0.15) is 0 Å². The molecule has 0 bridgehead atoms. The minimum atomic E-state index is -3.18. The molecule has 0 unspecified atom stereocenters. The highest BCUT2D eigenvalue weighted by Crippen LogP contribution is 1.87. The average Bonchev–Trinajstić information content (AvgIpc) is 2.02. The highest BCUT2D eigenvalue weighted by atomic mass is 32.2. The summed E-state index contributed by atoms with van der Waals surface area (Å²) in [5.41, 5.74) is 4.81. The van der Waals surface area contributed by atoms with Crippen molar-refractivity contribution >= 4 is 15.9 Å². The molecule has 0 aromatic rings. The molecule has 0 aliphatic carbocycles. The van der Waals surface area contributed by atoms with E-state index in [1.54, 1.807) is 6.92 Å². The quantitative estimate of drug-likeness (QED) is 0.507. The fourth-order valence-electron chi connectivity index (χ4n) is 0.783. The Morgan fingerprint density at radius 3 is 2.64 bits per heavy atom. The number of carbonyl (C=O) groups is 1. The van der Waals surface area contributed by atoms with Gasteiger partial charge in [0.05, 0.1) is 12.4 Å². The fourth-order valence-corrected chi connectivity index (χ4v) is 1.86. The monoisotopic (exact) mass is 224 g/mol. The predicted octanol–water partition coefficient (Wildman–Crippen LogP) is -1.18. The van der Waals surface area contributed by atoms with Crippen LogP contribution in [0.15, 0.2) is 0 Å². The normalized spacial score (nSPS) is 11.5. The van der Waals surface area contributed by atoms with Crippen LogP contribution in [0.4, 0.5) is 0 Å². The smallest absolute Gasteiger partial charge is 0.243 e. The first kappa shape index (κ1) is 13.3. The van der Waals surface area contributed by atoms with Crippen molar-refractivity contribution in [3.63, 3.8) is 0 Å². The van der Waals surface area contributed by atoms with Crippen molar-refractivity contribution < 1.29 is 17.9 Å². The second kappa shape index (κ2) is 6.74. The van der Waals surface area contributed by atoms with E-state index in [-0.39, 0.29) is 25.5 Å². The minimum Gasteiger partial charge on any atom is -0.370 e. The Balaban J connectivity index is 3.49. The number of ether oxygens (including phenoxy) is 1. The first-order valence-corrected chi connectivity index (χ1v) is 5.96. The zero-order chi connectivity index (χ0) is 11.0. The van der Waals surface area contributed by atoms with E-state index in [0.717, 1.165) is 0 Å². The molecule has 0 atom stereocenters. The van der Waals surface area contributed by atoms with Gasteiger partial charge >= 0.3 is 0 Å². The average molecular weight is 224 g/mol. The molecule has 7 heteroatoms. The van der Waals surface area contributed by atoms with Crippen LogP contribution in [-0.4, -0.2) is 39.8 Å². The molecule has 0 rings (SSSR count). The number of carbonyl (C=O) groups excluding carboxylic acids is 1. The number of amides is 1. The summed E-state index contributed by atoms with van der Waals surface area (Å²) in [7, 11) is -3.18. The third-order valence-corrected chi connectivity index (χ3v) is 2.88. The zero-order valence-electron chi connectivity index (χ0n) is 8.15. The first-order chi connectivity index (χ1) is 6.48. The number of sulfonamides is 1. The number of nitrogens with two attached hydrogens (primary N) is 1. The second-order valence-electron chi connectivity index (χ2n) is 2.73. The number of rotatable bonds is 8. The molecule has 0 aliphatic heterocycles. The van der Waals surface area contributed by atoms with Crippen LogP contribution in [0.25, 0.3) is 0 Å². The van der Waals surface area contributed by atoms with E-state index in [0.29, 0.717) is 6.42 Å². The van der Waals surface area contributed by atoms with Gasteiger partial charge in [0, 0.05) is 6.54 Å². The molecule has 0 aromatic carbocycles. The first-order valence-electron chi connectivity index (χ1n) is 4.31. The van der Waals surface area contributed by atoms with Crippen LogP contribution >= 0.6 is 0 Å². The molecule has 0 radical (unpaired) electrons. The highest BCUT2D eigenvalue weighted by Gasteiger charge is 2.06. The van der Waals surface area contributed by atoms with Crippen molar-refractivity contribution in [2.24, 2.45) is 5.73 Å². The van der Waals surface area contributed by atoms with Crippen molar-refractivity contribution in [3.8, 4) is 0 Å². The molecule has 0 heterocycles. The van der Waals surface area contributed by atoms with Gasteiger partial charge in [0.1, 0.15) is 6.61 Å². The Morgan fingerprint density at radius 1 is 1.50 bits per heavy atom. The van der Waals surface area contributed by atoms with E-state index in [9.17, 15) is 13.2 Å². The standard InChI is InChI=1S/C7H16N2O4S/c1-2-5-14(11,12)9-3-4-13-6-7(8)10/h9H,2-6H2,1H3,(H2,8,10). The van der Waals surface area contributed by atoms with Crippen LogP contribution in [0, 0.1) is 0 Å². The molecular weight excluding hydrogens is 208 g/mol.